The van der Waals surface area contributed by atoms with Crippen LogP contribution in [0.3, 0.4) is 0 Å². The molecule has 0 spiro atoms. The molecular weight excluding hydrogens is 298 g/mol. The van der Waals surface area contributed by atoms with Gasteiger partial charge in [0.25, 0.3) is 0 Å². The topological polar surface area (TPSA) is 92.7 Å². The van der Waals surface area contributed by atoms with Gasteiger partial charge in [-0.25, -0.2) is 4.79 Å². The molecule has 0 radical (unpaired) electrons. The fourth-order valence-electron chi connectivity index (χ4n) is 2.48. The summed E-state index contributed by atoms with van der Waals surface area (Å²) in [4.78, 5) is 34.3. The number of amides is 1. The zero-order valence-corrected chi connectivity index (χ0v) is 13.1. The number of carboxylic acids is 1. The average molecular weight is 319 g/mol. The highest BCUT2D eigenvalue weighted by molar-refractivity contribution is 5.94. The maximum atomic E-state index is 11.8. The van der Waals surface area contributed by atoms with Crippen molar-refractivity contribution in [1.29, 1.82) is 0 Å². The second-order valence-electron chi connectivity index (χ2n) is 5.83. The number of hydrogen-bond donors (Lipinski definition) is 2. The van der Waals surface area contributed by atoms with Crippen LogP contribution in [0.1, 0.15) is 49.4 Å². The van der Waals surface area contributed by atoms with Crippen LogP contribution >= 0.6 is 0 Å². The molecule has 6 nitrogen and oxygen atoms in total. The molecule has 1 saturated carbocycles. The van der Waals surface area contributed by atoms with Crippen LogP contribution in [-0.4, -0.2) is 34.9 Å². The van der Waals surface area contributed by atoms with Crippen molar-refractivity contribution in [1.82, 2.24) is 5.32 Å². The van der Waals surface area contributed by atoms with Crippen LogP contribution < -0.4 is 10.1 Å². The second kappa shape index (κ2) is 7.26. The number of ketones is 1. The lowest BCUT2D eigenvalue weighted by Gasteiger charge is -2.38. The monoisotopic (exact) mass is 319 g/mol. The molecule has 0 aromatic heterocycles. The van der Waals surface area contributed by atoms with E-state index < -0.39 is 11.5 Å². The Bertz CT molecular complexity index is 607. The Hall–Kier alpha value is -2.37. The number of benzene rings is 1. The Labute approximate surface area is 134 Å². The van der Waals surface area contributed by atoms with Gasteiger partial charge in [0.05, 0.1) is 6.61 Å². The van der Waals surface area contributed by atoms with E-state index in [9.17, 15) is 14.4 Å². The van der Waals surface area contributed by atoms with E-state index in [0.717, 1.165) is 6.42 Å². The van der Waals surface area contributed by atoms with Crippen molar-refractivity contribution < 1.29 is 24.2 Å². The first kappa shape index (κ1) is 17.0. The number of nitrogens with one attached hydrogen (secondary N) is 1. The molecule has 6 heteroatoms. The molecule has 1 aliphatic carbocycles. The van der Waals surface area contributed by atoms with E-state index in [1.807, 2.05) is 0 Å². The van der Waals surface area contributed by atoms with Crippen LogP contribution in [0.5, 0.6) is 5.75 Å². The van der Waals surface area contributed by atoms with Crippen LogP contribution in [0.4, 0.5) is 0 Å². The van der Waals surface area contributed by atoms with Gasteiger partial charge in [0.2, 0.25) is 5.91 Å². The van der Waals surface area contributed by atoms with Crippen molar-refractivity contribution in [2.45, 2.75) is 44.6 Å². The average Bonchev–Trinajstić information content (AvgIpc) is 2.47. The highest BCUT2D eigenvalue weighted by Crippen LogP contribution is 2.32. The Morgan fingerprint density at radius 3 is 2.61 bits per heavy atom. The van der Waals surface area contributed by atoms with E-state index in [1.165, 1.54) is 6.92 Å². The fourth-order valence-corrected chi connectivity index (χ4v) is 2.48. The van der Waals surface area contributed by atoms with Gasteiger partial charge in [0.1, 0.15) is 11.3 Å². The quantitative estimate of drug-likeness (QED) is 0.566. The van der Waals surface area contributed by atoms with Crippen LogP contribution in [0.25, 0.3) is 0 Å². The summed E-state index contributed by atoms with van der Waals surface area (Å²) in [6.07, 6.45) is 2.49. The van der Waals surface area contributed by atoms with Gasteiger partial charge in [0.15, 0.2) is 5.78 Å². The molecule has 1 fully saturated rings. The van der Waals surface area contributed by atoms with Crippen LogP contribution in [0.15, 0.2) is 24.3 Å². The Morgan fingerprint density at radius 2 is 2.04 bits per heavy atom. The fraction of sp³-hybridized carbons (Fsp3) is 0.471. The van der Waals surface area contributed by atoms with Gasteiger partial charge < -0.3 is 15.2 Å². The summed E-state index contributed by atoms with van der Waals surface area (Å²) in [5, 5.41) is 11.8. The molecule has 0 atom stereocenters. The first-order chi connectivity index (χ1) is 10.9. The van der Waals surface area contributed by atoms with Gasteiger partial charge in [-0.2, -0.15) is 0 Å². The van der Waals surface area contributed by atoms with E-state index >= 15 is 0 Å². The molecule has 2 N–H and O–H groups in total. The van der Waals surface area contributed by atoms with Crippen LogP contribution in [0, 0.1) is 0 Å². The van der Waals surface area contributed by atoms with E-state index in [0.29, 0.717) is 37.2 Å². The van der Waals surface area contributed by atoms with Gasteiger partial charge in [-0.05, 0) is 44.7 Å². The van der Waals surface area contributed by atoms with Crippen LogP contribution in [-0.2, 0) is 9.59 Å². The minimum atomic E-state index is -1.06. The smallest absolute Gasteiger partial charge is 0.329 e. The van der Waals surface area contributed by atoms with E-state index in [4.69, 9.17) is 9.84 Å². The number of rotatable bonds is 8. The summed E-state index contributed by atoms with van der Waals surface area (Å²) in [5.74, 6) is -0.684. The van der Waals surface area contributed by atoms with E-state index in [1.54, 1.807) is 24.3 Å². The first-order valence-corrected chi connectivity index (χ1v) is 7.71. The van der Waals surface area contributed by atoms with E-state index in [2.05, 4.69) is 5.32 Å². The highest BCUT2D eigenvalue weighted by Gasteiger charge is 2.45. The summed E-state index contributed by atoms with van der Waals surface area (Å²) < 4.78 is 5.52. The predicted octanol–water partition coefficient (Wildman–Crippen LogP) is 2.17. The maximum absolute atomic E-state index is 11.8. The zero-order chi connectivity index (χ0) is 16.9. The summed E-state index contributed by atoms with van der Waals surface area (Å²) in [6.45, 7) is 1.82. The Kier molecular flexibility index (Phi) is 5.36. The van der Waals surface area contributed by atoms with Gasteiger partial charge in [-0.1, -0.05) is 12.1 Å². The van der Waals surface area contributed by atoms with Crippen LogP contribution in [0.2, 0.25) is 0 Å². The standard InChI is InChI=1S/C17H21NO5/c1-12(19)13-5-2-6-14(11-13)23-10-3-7-15(20)18-17(16(21)22)8-4-9-17/h2,5-6,11H,3-4,7-10H2,1H3,(H,18,20)(H,21,22). The molecule has 124 valence electrons. The molecule has 0 aliphatic heterocycles. The third-order valence-electron chi connectivity index (χ3n) is 4.05. The molecule has 1 amide bonds. The molecule has 1 aromatic rings. The maximum Gasteiger partial charge on any atom is 0.329 e. The van der Waals surface area contributed by atoms with Crippen molar-refractivity contribution in [3.8, 4) is 5.75 Å². The Balaban J connectivity index is 1.73. The van der Waals surface area contributed by atoms with Gasteiger partial charge >= 0.3 is 5.97 Å². The van der Waals surface area contributed by atoms with Crippen molar-refractivity contribution in [3.63, 3.8) is 0 Å². The minimum Gasteiger partial charge on any atom is -0.494 e. The molecule has 0 heterocycles. The molecule has 0 saturated heterocycles. The molecular formula is C17H21NO5. The van der Waals surface area contributed by atoms with Gasteiger partial charge in [0, 0.05) is 12.0 Å². The summed E-state index contributed by atoms with van der Waals surface area (Å²) in [7, 11) is 0. The van der Waals surface area contributed by atoms with E-state index in [-0.39, 0.29) is 18.1 Å². The number of carbonyl (C=O) groups is 3. The van der Waals surface area contributed by atoms with Crippen molar-refractivity contribution in [3.05, 3.63) is 29.8 Å². The predicted molar refractivity (Wildman–Crippen MR) is 83.5 cm³/mol. The third kappa shape index (κ3) is 4.31. The van der Waals surface area contributed by atoms with Crippen molar-refractivity contribution >= 4 is 17.7 Å². The molecule has 2 rings (SSSR count). The molecule has 1 aliphatic rings. The minimum absolute atomic E-state index is 0.0331. The molecule has 0 unspecified atom stereocenters. The Morgan fingerprint density at radius 1 is 1.30 bits per heavy atom. The lowest BCUT2D eigenvalue weighted by atomic mass is 9.76. The summed E-state index contributed by atoms with van der Waals surface area (Å²) >= 11 is 0. The number of hydrogen-bond acceptors (Lipinski definition) is 4. The number of carbonyl (C=O) groups excluding carboxylic acids is 2. The van der Waals surface area contributed by atoms with Gasteiger partial charge in [-0.15, -0.1) is 0 Å². The second-order valence-corrected chi connectivity index (χ2v) is 5.83. The molecule has 23 heavy (non-hydrogen) atoms. The number of ether oxygens (including phenoxy) is 1. The molecule has 1 aromatic carbocycles. The van der Waals surface area contributed by atoms with Crippen molar-refractivity contribution in [2.75, 3.05) is 6.61 Å². The third-order valence-corrected chi connectivity index (χ3v) is 4.05. The normalized spacial score (nSPS) is 15.3. The number of carboxylic acid groups (broad SMARTS) is 1. The largest absolute Gasteiger partial charge is 0.494 e. The summed E-state index contributed by atoms with van der Waals surface area (Å²) in [6, 6.07) is 6.87. The zero-order valence-electron chi connectivity index (χ0n) is 13.1. The van der Waals surface area contributed by atoms with Crippen molar-refractivity contribution in [2.24, 2.45) is 0 Å². The number of Topliss-reactive ketones (excluding diaryl/α,β-unsaturated/α-hetero) is 1. The van der Waals surface area contributed by atoms with Gasteiger partial charge in [-0.3, -0.25) is 9.59 Å². The lowest BCUT2D eigenvalue weighted by Crippen LogP contribution is -2.59. The number of aliphatic carboxylic acids is 1. The summed E-state index contributed by atoms with van der Waals surface area (Å²) in [5.41, 5.74) is -0.484. The molecule has 0 bridgehead atoms. The highest BCUT2D eigenvalue weighted by atomic mass is 16.5. The SMILES string of the molecule is CC(=O)c1cccc(OCCCC(=O)NC2(C(=O)O)CCC2)c1. The lowest BCUT2D eigenvalue weighted by molar-refractivity contribution is -0.151. The first-order valence-electron chi connectivity index (χ1n) is 7.71.